The summed E-state index contributed by atoms with van der Waals surface area (Å²) in [6, 6.07) is 19.7. The van der Waals surface area contributed by atoms with E-state index in [-0.39, 0.29) is 18.3 Å². The van der Waals surface area contributed by atoms with Crippen molar-refractivity contribution in [3.05, 3.63) is 71.3 Å². The van der Waals surface area contributed by atoms with Gasteiger partial charge < -0.3 is 9.31 Å². The molecule has 0 radical (unpaired) electrons. The minimum Gasteiger partial charge on any atom is -0.403 e. The van der Waals surface area contributed by atoms with E-state index >= 15 is 0 Å². The topological polar surface area (TPSA) is 18.5 Å². The van der Waals surface area contributed by atoms with Gasteiger partial charge in [0.1, 0.15) is 0 Å². The van der Waals surface area contributed by atoms with Crippen molar-refractivity contribution in [2.75, 3.05) is 0 Å². The highest BCUT2D eigenvalue weighted by Crippen LogP contribution is 2.47. The van der Waals surface area contributed by atoms with Crippen LogP contribution in [0.1, 0.15) is 56.7 Å². The van der Waals surface area contributed by atoms with E-state index in [1.54, 1.807) is 0 Å². The highest BCUT2D eigenvalue weighted by atomic mass is 16.7. The lowest BCUT2D eigenvalue weighted by molar-refractivity contribution is 0.00578. The molecule has 1 aliphatic carbocycles. The molecule has 0 aromatic heterocycles. The monoisotopic (exact) mass is 334 g/mol. The lowest BCUT2D eigenvalue weighted by Gasteiger charge is -2.33. The number of fused-ring (bicyclic) bond motifs is 1. The Morgan fingerprint density at radius 2 is 1.44 bits per heavy atom. The first-order valence-corrected chi connectivity index (χ1v) is 9.36. The van der Waals surface area contributed by atoms with Crippen LogP contribution in [0.3, 0.4) is 0 Å². The van der Waals surface area contributed by atoms with Crippen molar-refractivity contribution in [3.8, 4) is 0 Å². The fourth-order valence-corrected chi connectivity index (χ4v) is 4.14. The molecule has 2 aliphatic rings. The van der Waals surface area contributed by atoms with Gasteiger partial charge in [-0.05, 0) is 63.0 Å². The Bertz CT molecular complexity index is 738. The van der Waals surface area contributed by atoms with Crippen molar-refractivity contribution in [1.82, 2.24) is 0 Å². The van der Waals surface area contributed by atoms with Crippen LogP contribution in [0.5, 0.6) is 0 Å². The average molecular weight is 334 g/mol. The number of benzene rings is 2. The van der Waals surface area contributed by atoms with E-state index in [9.17, 15) is 0 Å². The van der Waals surface area contributed by atoms with Gasteiger partial charge in [-0.3, -0.25) is 0 Å². The molecule has 0 amide bonds. The van der Waals surface area contributed by atoms with Crippen LogP contribution in [0.15, 0.2) is 54.6 Å². The Balaban J connectivity index is 1.67. The molecule has 0 bridgehead atoms. The molecule has 3 heteroatoms. The average Bonchev–Trinajstić information content (AvgIpc) is 2.82. The molecule has 1 fully saturated rings. The summed E-state index contributed by atoms with van der Waals surface area (Å²) in [5.74, 6) is 0.788. The third-order valence-corrected chi connectivity index (χ3v) is 6.31. The minimum absolute atomic E-state index is 0.135. The maximum atomic E-state index is 6.38. The molecule has 2 atom stereocenters. The SMILES string of the molecule is CC1(C)OB([C@H]2Cc3ccccc3C(c3ccccc3)C2)OC1(C)C. The quantitative estimate of drug-likeness (QED) is 0.701. The second-order valence-electron chi connectivity index (χ2n) is 8.49. The zero-order chi connectivity index (χ0) is 17.7. The van der Waals surface area contributed by atoms with Crippen molar-refractivity contribution in [3.63, 3.8) is 0 Å². The molecule has 2 nitrogen and oxygen atoms in total. The molecule has 0 N–H and O–H groups in total. The first-order valence-electron chi connectivity index (χ1n) is 9.36. The van der Waals surface area contributed by atoms with E-state index in [1.165, 1.54) is 16.7 Å². The first kappa shape index (κ1) is 16.9. The molecule has 0 spiro atoms. The Hall–Kier alpha value is -1.58. The first-order chi connectivity index (χ1) is 11.9. The highest BCUT2D eigenvalue weighted by molar-refractivity contribution is 6.47. The molecule has 25 heavy (non-hydrogen) atoms. The number of hydrogen-bond donors (Lipinski definition) is 0. The number of hydrogen-bond acceptors (Lipinski definition) is 2. The van der Waals surface area contributed by atoms with Gasteiger partial charge >= 0.3 is 7.12 Å². The zero-order valence-corrected chi connectivity index (χ0v) is 15.7. The van der Waals surface area contributed by atoms with Crippen LogP contribution in [0.2, 0.25) is 5.82 Å². The second-order valence-corrected chi connectivity index (χ2v) is 8.49. The van der Waals surface area contributed by atoms with Gasteiger partial charge in [0.15, 0.2) is 0 Å². The molecule has 2 aromatic rings. The largest absolute Gasteiger partial charge is 0.461 e. The standard InChI is InChI=1S/C22H27BO2/c1-21(2)22(3,4)25-23(24-21)18-14-17-12-8-9-13-19(17)20(15-18)16-10-6-5-7-11-16/h5-13,18,20H,14-15H2,1-4H3/t18-,20?/m0/s1. The number of rotatable bonds is 2. The van der Waals surface area contributed by atoms with E-state index in [2.05, 4.69) is 82.3 Å². The molecule has 130 valence electrons. The van der Waals surface area contributed by atoms with Crippen LogP contribution in [0, 0.1) is 0 Å². The van der Waals surface area contributed by atoms with Crippen LogP contribution in [-0.2, 0) is 15.7 Å². The van der Waals surface area contributed by atoms with Gasteiger partial charge in [-0.25, -0.2) is 0 Å². The smallest absolute Gasteiger partial charge is 0.403 e. The van der Waals surface area contributed by atoms with E-state index < -0.39 is 0 Å². The Kier molecular flexibility index (Phi) is 4.05. The van der Waals surface area contributed by atoms with E-state index in [0.29, 0.717) is 11.7 Å². The predicted octanol–water partition coefficient (Wildman–Crippen LogP) is 5.23. The van der Waals surface area contributed by atoms with Crippen LogP contribution in [0.25, 0.3) is 0 Å². The Labute approximate surface area is 151 Å². The molecule has 4 rings (SSSR count). The normalized spacial score (nSPS) is 27.1. The van der Waals surface area contributed by atoms with Gasteiger partial charge in [0, 0.05) is 5.92 Å². The highest BCUT2D eigenvalue weighted by Gasteiger charge is 2.54. The fraction of sp³-hybridized carbons (Fsp3) is 0.455. The summed E-state index contributed by atoms with van der Waals surface area (Å²) in [6.07, 6.45) is 2.09. The van der Waals surface area contributed by atoms with Gasteiger partial charge in [-0.15, -0.1) is 0 Å². The lowest BCUT2D eigenvalue weighted by Crippen LogP contribution is -2.41. The van der Waals surface area contributed by atoms with Crippen LogP contribution >= 0.6 is 0 Å². The maximum Gasteiger partial charge on any atom is 0.461 e. The summed E-state index contributed by atoms with van der Waals surface area (Å²) in [5, 5.41) is 0. The molecular formula is C22H27BO2. The molecule has 1 heterocycles. The summed E-state index contributed by atoms with van der Waals surface area (Å²) in [5.41, 5.74) is 3.74. The van der Waals surface area contributed by atoms with Gasteiger partial charge in [0.2, 0.25) is 0 Å². The van der Waals surface area contributed by atoms with Crippen molar-refractivity contribution in [1.29, 1.82) is 0 Å². The summed E-state index contributed by atoms with van der Waals surface area (Å²) in [7, 11) is -0.135. The third-order valence-electron chi connectivity index (χ3n) is 6.31. The van der Waals surface area contributed by atoms with Gasteiger partial charge in [0.05, 0.1) is 11.2 Å². The van der Waals surface area contributed by atoms with Crippen LogP contribution in [0.4, 0.5) is 0 Å². The third kappa shape index (κ3) is 2.94. The zero-order valence-electron chi connectivity index (χ0n) is 15.7. The van der Waals surface area contributed by atoms with Gasteiger partial charge in [-0.2, -0.15) is 0 Å². The molecule has 1 saturated heterocycles. The van der Waals surface area contributed by atoms with Crippen LogP contribution < -0.4 is 0 Å². The summed E-state index contributed by atoms with van der Waals surface area (Å²) in [4.78, 5) is 0. The molecular weight excluding hydrogens is 307 g/mol. The van der Waals surface area contributed by atoms with Crippen LogP contribution in [-0.4, -0.2) is 18.3 Å². The molecule has 1 aliphatic heterocycles. The fourth-order valence-electron chi connectivity index (χ4n) is 4.14. The van der Waals surface area contributed by atoms with E-state index in [1.807, 2.05) is 0 Å². The Morgan fingerprint density at radius 1 is 0.840 bits per heavy atom. The summed E-state index contributed by atoms with van der Waals surface area (Å²) in [6.45, 7) is 8.55. The minimum atomic E-state index is -0.267. The lowest BCUT2D eigenvalue weighted by atomic mass is 9.59. The van der Waals surface area contributed by atoms with Gasteiger partial charge in [-0.1, -0.05) is 54.6 Å². The van der Waals surface area contributed by atoms with Crippen molar-refractivity contribution in [2.45, 2.75) is 63.5 Å². The summed E-state index contributed by atoms with van der Waals surface area (Å²) < 4.78 is 12.8. The van der Waals surface area contributed by atoms with Crippen molar-refractivity contribution < 1.29 is 9.31 Å². The second kappa shape index (κ2) is 6.00. The van der Waals surface area contributed by atoms with Crippen molar-refractivity contribution >= 4 is 7.12 Å². The van der Waals surface area contributed by atoms with Gasteiger partial charge in [0.25, 0.3) is 0 Å². The summed E-state index contributed by atoms with van der Waals surface area (Å²) >= 11 is 0. The van der Waals surface area contributed by atoms with E-state index in [0.717, 1.165) is 12.8 Å². The maximum absolute atomic E-state index is 6.38. The van der Waals surface area contributed by atoms with Crippen molar-refractivity contribution in [2.24, 2.45) is 0 Å². The molecule has 2 aromatic carbocycles. The molecule has 1 unspecified atom stereocenters. The van der Waals surface area contributed by atoms with E-state index in [4.69, 9.17) is 9.31 Å². The molecule has 0 saturated carbocycles. The Morgan fingerprint density at radius 3 is 2.12 bits per heavy atom. The predicted molar refractivity (Wildman–Crippen MR) is 103 cm³/mol.